The topological polar surface area (TPSA) is 49.4 Å². The van der Waals surface area contributed by atoms with Crippen molar-refractivity contribution < 1.29 is 8.42 Å². The summed E-state index contributed by atoms with van der Waals surface area (Å²) in [5.74, 6) is 0.639. The largest absolute Gasteiger partial charge is 0.316 e. The number of nitrogens with one attached hydrogen (secondary N) is 1. The lowest BCUT2D eigenvalue weighted by Gasteiger charge is -2.28. The van der Waals surface area contributed by atoms with Crippen LogP contribution >= 0.6 is 11.3 Å². The van der Waals surface area contributed by atoms with Crippen LogP contribution in [0.15, 0.2) is 15.7 Å². The van der Waals surface area contributed by atoms with Crippen molar-refractivity contribution in [3.8, 4) is 0 Å². The van der Waals surface area contributed by atoms with Crippen LogP contribution in [0.5, 0.6) is 0 Å². The molecule has 2 heterocycles. The Bertz CT molecular complexity index is 488. The first-order chi connectivity index (χ1) is 8.54. The second kappa shape index (κ2) is 5.69. The zero-order valence-corrected chi connectivity index (χ0v) is 12.5. The number of piperidine rings is 1. The molecule has 1 saturated heterocycles. The Morgan fingerprint density at radius 2 is 2.11 bits per heavy atom. The van der Waals surface area contributed by atoms with Crippen molar-refractivity contribution in [3.63, 3.8) is 0 Å². The van der Waals surface area contributed by atoms with Gasteiger partial charge in [0.1, 0.15) is 4.21 Å². The molecule has 0 bridgehead atoms. The van der Waals surface area contributed by atoms with Gasteiger partial charge in [0, 0.05) is 19.6 Å². The second-order valence-corrected chi connectivity index (χ2v) is 7.97. The molecule has 0 radical (unpaired) electrons. The Balaban J connectivity index is 2.14. The van der Waals surface area contributed by atoms with Gasteiger partial charge in [-0.05, 0) is 42.8 Å². The Morgan fingerprint density at radius 3 is 2.72 bits per heavy atom. The highest BCUT2D eigenvalue weighted by molar-refractivity contribution is 7.91. The van der Waals surface area contributed by atoms with Gasteiger partial charge in [0.2, 0.25) is 0 Å². The maximum Gasteiger partial charge on any atom is 0.252 e. The van der Waals surface area contributed by atoms with Gasteiger partial charge in [0.05, 0.1) is 0 Å². The van der Waals surface area contributed by atoms with Gasteiger partial charge in [-0.2, -0.15) is 4.31 Å². The highest BCUT2D eigenvalue weighted by atomic mass is 32.2. The summed E-state index contributed by atoms with van der Waals surface area (Å²) in [4.78, 5) is 0. The fourth-order valence-electron chi connectivity index (χ4n) is 2.14. The first-order valence-corrected chi connectivity index (χ1v) is 8.58. The normalized spacial score (nSPS) is 19.2. The number of thiophene rings is 1. The van der Waals surface area contributed by atoms with Crippen molar-refractivity contribution in [2.45, 2.75) is 30.5 Å². The van der Waals surface area contributed by atoms with Gasteiger partial charge in [0.15, 0.2) is 0 Å². The Morgan fingerprint density at radius 1 is 1.44 bits per heavy atom. The molecule has 4 nitrogen and oxygen atoms in total. The number of rotatable bonds is 4. The summed E-state index contributed by atoms with van der Waals surface area (Å²) in [5.41, 5.74) is 1.03. The lowest BCUT2D eigenvalue weighted by molar-refractivity contribution is 0.288. The van der Waals surface area contributed by atoms with E-state index in [1.165, 1.54) is 11.3 Å². The zero-order chi connectivity index (χ0) is 13.2. The Hall–Kier alpha value is -0.430. The van der Waals surface area contributed by atoms with E-state index in [0.29, 0.717) is 29.8 Å². The Labute approximate surface area is 113 Å². The second-order valence-electron chi connectivity index (χ2n) is 4.89. The fraction of sp³-hybridized carbons (Fsp3) is 0.667. The van der Waals surface area contributed by atoms with Crippen molar-refractivity contribution in [2.24, 2.45) is 5.92 Å². The minimum Gasteiger partial charge on any atom is -0.316 e. The van der Waals surface area contributed by atoms with E-state index in [1.807, 2.05) is 12.4 Å². The quantitative estimate of drug-likeness (QED) is 0.920. The lowest BCUT2D eigenvalue weighted by Crippen LogP contribution is -2.37. The van der Waals surface area contributed by atoms with Gasteiger partial charge in [-0.15, -0.1) is 11.3 Å². The van der Waals surface area contributed by atoms with Crippen molar-refractivity contribution in [2.75, 3.05) is 20.1 Å². The molecule has 0 saturated carbocycles. The first-order valence-electron chi connectivity index (χ1n) is 6.26. The molecular weight excluding hydrogens is 268 g/mol. The van der Waals surface area contributed by atoms with Crippen LogP contribution in [0.1, 0.15) is 25.3 Å². The highest BCUT2D eigenvalue weighted by Gasteiger charge is 2.29. The van der Waals surface area contributed by atoms with Gasteiger partial charge < -0.3 is 5.32 Å². The molecule has 1 N–H and O–H groups in total. The molecule has 0 aromatic carbocycles. The number of hydrogen-bond donors (Lipinski definition) is 1. The standard InChI is InChI=1S/C12H20N2O2S2/c1-10-3-5-14(6-4-10)18(15,16)12-7-11(8-13-2)9-17-12/h7,9-10,13H,3-6,8H2,1-2H3. The lowest BCUT2D eigenvalue weighted by atomic mass is 10.0. The van der Waals surface area contributed by atoms with Crippen LogP contribution in [0.25, 0.3) is 0 Å². The van der Waals surface area contributed by atoms with E-state index < -0.39 is 10.0 Å². The summed E-state index contributed by atoms with van der Waals surface area (Å²) >= 11 is 1.32. The van der Waals surface area contributed by atoms with Crippen LogP contribution in [0.2, 0.25) is 0 Å². The predicted molar refractivity (Wildman–Crippen MR) is 74.2 cm³/mol. The monoisotopic (exact) mass is 288 g/mol. The molecule has 1 aliphatic rings. The summed E-state index contributed by atoms with van der Waals surface area (Å²) in [6.07, 6.45) is 1.93. The minimum atomic E-state index is -3.26. The smallest absolute Gasteiger partial charge is 0.252 e. The summed E-state index contributed by atoms with van der Waals surface area (Å²) < 4.78 is 27.0. The van der Waals surface area contributed by atoms with E-state index in [1.54, 1.807) is 10.4 Å². The Kier molecular flexibility index (Phi) is 4.42. The molecule has 0 unspecified atom stereocenters. The van der Waals surface area contributed by atoms with Gasteiger partial charge in [-0.1, -0.05) is 6.92 Å². The predicted octanol–water partition coefficient (Wildman–Crippen LogP) is 1.89. The summed E-state index contributed by atoms with van der Waals surface area (Å²) in [6.45, 7) is 4.20. The van der Waals surface area contributed by atoms with E-state index in [9.17, 15) is 8.42 Å². The van der Waals surface area contributed by atoms with Crippen molar-refractivity contribution in [3.05, 3.63) is 17.0 Å². The highest BCUT2D eigenvalue weighted by Crippen LogP contribution is 2.27. The van der Waals surface area contributed by atoms with Crippen LogP contribution in [-0.4, -0.2) is 32.9 Å². The molecule has 18 heavy (non-hydrogen) atoms. The number of nitrogens with zero attached hydrogens (tertiary/aromatic N) is 1. The van der Waals surface area contributed by atoms with Crippen molar-refractivity contribution >= 4 is 21.4 Å². The third-order valence-electron chi connectivity index (χ3n) is 3.35. The molecule has 2 rings (SSSR count). The molecule has 0 atom stereocenters. The van der Waals surface area contributed by atoms with E-state index in [0.717, 1.165) is 18.4 Å². The third kappa shape index (κ3) is 2.93. The maximum absolute atomic E-state index is 12.4. The number of hydrogen-bond acceptors (Lipinski definition) is 4. The van der Waals surface area contributed by atoms with E-state index in [-0.39, 0.29) is 0 Å². The molecule has 102 valence electrons. The van der Waals surface area contributed by atoms with Crippen LogP contribution in [-0.2, 0) is 16.6 Å². The van der Waals surface area contributed by atoms with Crippen LogP contribution in [0, 0.1) is 5.92 Å². The van der Waals surface area contributed by atoms with Crippen LogP contribution in [0.3, 0.4) is 0 Å². The molecule has 1 aliphatic heterocycles. The third-order valence-corrected chi connectivity index (χ3v) is 6.71. The molecule has 0 spiro atoms. The van der Waals surface area contributed by atoms with Gasteiger partial charge in [-0.25, -0.2) is 8.42 Å². The molecule has 1 aromatic heterocycles. The molecular formula is C12H20N2O2S2. The van der Waals surface area contributed by atoms with Gasteiger partial charge in [-0.3, -0.25) is 0 Å². The van der Waals surface area contributed by atoms with Crippen molar-refractivity contribution in [1.29, 1.82) is 0 Å². The molecule has 0 amide bonds. The van der Waals surface area contributed by atoms with E-state index in [4.69, 9.17) is 0 Å². The number of sulfonamides is 1. The van der Waals surface area contributed by atoms with Gasteiger partial charge in [0.25, 0.3) is 10.0 Å². The maximum atomic E-state index is 12.4. The molecule has 6 heteroatoms. The van der Waals surface area contributed by atoms with Crippen LogP contribution < -0.4 is 5.32 Å². The van der Waals surface area contributed by atoms with E-state index >= 15 is 0 Å². The van der Waals surface area contributed by atoms with E-state index in [2.05, 4.69) is 12.2 Å². The van der Waals surface area contributed by atoms with Gasteiger partial charge >= 0.3 is 0 Å². The SMILES string of the molecule is CNCc1csc(S(=O)(=O)N2CCC(C)CC2)c1. The average molecular weight is 288 g/mol. The fourth-order valence-corrected chi connectivity index (χ4v) is 4.97. The molecule has 0 aliphatic carbocycles. The minimum absolute atomic E-state index is 0.474. The summed E-state index contributed by atoms with van der Waals surface area (Å²) in [7, 11) is -1.40. The summed E-state index contributed by atoms with van der Waals surface area (Å²) in [5, 5.41) is 4.94. The molecule has 1 fully saturated rings. The van der Waals surface area contributed by atoms with Crippen LogP contribution in [0.4, 0.5) is 0 Å². The average Bonchev–Trinajstić information content (AvgIpc) is 2.79. The first kappa shape index (κ1) is 14.0. The summed E-state index contributed by atoms with van der Waals surface area (Å²) in [6, 6.07) is 1.79. The molecule has 1 aromatic rings. The van der Waals surface area contributed by atoms with Crippen molar-refractivity contribution in [1.82, 2.24) is 9.62 Å². The zero-order valence-electron chi connectivity index (χ0n) is 10.8.